The number of carbonyl (C=O) groups is 1. The number of aryl methyl sites for hydroxylation is 2. The summed E-state index contributed by atoms with van der Waals surface area (Å²) in [5.41, 5.74) is 0.686. The second-order valence-corrected chi connectivity index (χ2v) is 9.11. The summed E-state index contributed by atoms with van der Waals surface area (Å²) in [5, 5.41) is 7.35. The lowest BCUT2D eigenvalue weighted by atomic mass is 9.72. The van der Waals surface area contributed by atoms with E-state index in [2.05, 4.69) is 20.4 Å². The standard InChI is InChI=1S/C25H22BClF3N5O2/c1-13-7-20(35-14(2)31-12-32-35)16-5-4-6-21(24(16)33-13)37-11-17-18(8-15(28)9-19(17)27)25(3,26)34-23(36)10-22(29)30/h4-9,12,22H,10-11H2,1-3H3,(H,34,36)/t25-/m0/s1. The topological polar surface area (TPSA) is 81.9 Å². The summed E-state index contributed by atoms with van der Waals surface area (Å²) in [6.45, 7) is 4.86. The van der Waals surface area contributed by atoms with Crippen LogP contribution in [0.3, 0.4) is 0 Å². The molecule has 12 heteroatoms. The molecule has 0 spiro atoms. The van der Waals surface area contributed by atoms with Crippen molar-refractivity contribution in [3.63, 3.8) is 0 Å². The smallest absolute Gasteiger partial charge is 0.247 e. The highest BCUT2D eigenvalue weighted by molar-refractivity contribution is 6.31. The van der Waals surface area contributed by atoms with Gasteiger partial charge in [-0.1, -0.05) is 23.7 Å². The molecule has 37 heavy (non-hydrogen) atoms. The SMILES string of the molecule is [B][C@@](C)(NC(=O)CC(F)F)c1cc(F)cc(Cl)c1COc1cccc2c(-n3ncnc3C)cc(C)nc12. The Morgan fingerprint density at radius 3 is 2.70 bits per heavy atom. The molecule has 0 saturated heterocycles. The third kappa shape index (κ3) is 5.71. The largest absolute Gasteiger partial charge is 0.487 e. The number of halogens is 4. The summed E-state index contributed by atoms with van der Waals surface area (Å²) in [4.78, 5) is 20.8. The van der Waals surface area contributed by atoms with Crippen LogP contribution >= 0.6 is 11.6 Å². The molecular formula is C25H22BClF3N5O2. The summed E-state index contributed by atoms with van der Waals surface area (Å²) in [7, 11) is 6.24. The Morgan fingerprint density at radius 2 is 2.03 bits per heavy atom. The van der Waals surface area contributed by atoms with Gasteiger partial charge in [-0.3, -0.25) is 4.79 Å². The van der Waals surface area contributed by atoms with E-state index in [0.717, 1.165) is 23.2 Å². The fourth-order valence-electron chi connectivity index (χ4n) is 4.07. The van der Waals surface area contributed by atoms with Gasteiger partial charge in [-0.2, -0.15) is 5.10 Å². The first-order valence-electron chi connectivity index (χ1n) is 11.2. The number of hydrogen-bond donors (Lipinski definition) is 1. The molecule has 2 radical (unpaired) electrons. The number of nitrogens with one attached hydrogen (secondary N) is 1. The molecular weight excluding hydrogens is 506 g/mol. The maximum atomic E-state index is 14.3. The van der Waals surface area contributed by atoms with Crippen LogP contribution in [0.4, 0.5) is 13.2 Å². The maximum absolute atomic E-state index is 14.3. The zero-order chi connectivity index (χ0) is 26.9. The van der Waals surface area contributed by atoms with E-state index in [4.69, 9.17) is 24.2 Å². The van der Waals surface area contributed by atoms with Crippen molar-refractivity contribution in [3.05, 3.63) is 76.2 Å². The third-order valence-electron chi connectivity index (χ3n) is 5.69. The average molecular weight is 528 g/mol. The lowest BCUT2D eigenvalue weighted by Crippen LogP contribution is -2.45. The first-order chi connectivity index (χ1) is 17.5. The van der Waals surface area contributed by atoms with Crippen molar-refractivity contribution < 1.29 is 22.7 Å². The van der Waals surface area contributed by atoms with Gasteiger partial charge < -0.3 is 10.1 Å². The fourth-order valence-corrected chi connectivity index (χ4v) is 4.33. The zero-order valence-corrected chi connectivity index (χ0v) is 21.0. The van der Waals surface area contributed by atoms with Crippen molar-refractivity contribution in [2.75, 3.05) is 0 Å². The number of alkyl halides is 2. The Kier molecular flexibility index (Phi) is 7.45. The maximum Gasteiger partial charge on any atom is 0.247 e. The van der Waals surface area contributed by atoms with E-state index in [0.29, 0.717) is 22.8 Å². The fraction of sp³-hybridized carbons (Fsp3) is 0.280. The molecule has 1 atom stereocenters. The number of hydrogen-bond acceptors (Lipinski definition) is 5. The van der Waals surface area contributed by atoms with Crippen molar-refractivity contribution in [2.24, 2.45) is 0 Å². The second kappa shape index (κ2) is 10.4. The molecule has 0 aliphatic carbocycles. The third-order valence-corrected chi connectivity index (χ3v) is 6.02. The van der Waals surface area contributed by atoms with Gasteiger partial charge in [0.25, 0.3) is 0 Å². The summed E-state index contributed by atoms with van der Waals surface area (Å²) in [5.74, 6) is -0.597. The molecule has 4 aromatic rings. The number of pyridine rings is 1. The summed E-state index contributed by atoms with van der Waals surface area (Å²) >= 11 is 6.34. The molecule has 0 saturated carbocycles. The van der Waals surface area contributed by atoms with Gasteiger partial charge in [-0.05, 0) is 50.6 Å². The van der Waals surface area contributed by atoms with Crippen LogP contribution in [0.2, 0.25) is 5.02 Å². The Bertz CT molecular complexity index is 1480. The van der Waals surface area contributed by atoms with Gasteiger partial charge in [0.2, 0.25) is 12.3 Å². The van der Waals surface area contributed by atoms with Gasteiger partial charge >= 0.3 is 0 Å². The lowest BCUT2D eigenvalue weighted by molar-refractivity contribution is -0.124. The van der Waals surface area contributed by atoms with Crippen molar-refractivity contribution in [1.29, 1.82) is 0 Å². The molecule has 1 amide bonds. The van der Waals surface area contributed by atoms with Gasteiger partial charge in [0, 0.05) is 22.1 Å². The van der Waals surface area contributed by atoms with Crippen LogP contribution in [0, 0.1) is 19.7 Å². The molecule has 7 nitrogen and oxygen atoms in total. The second-order valence-electron chi connectivity index (χ2n) is 8.70. The molecule has 2 aromatic heterocycles. The van der Waals surface area contributed by atoms with E-state index in [9.17, 15) is 18.0 Å². The summed E-state index contributed by atoms with van der Waals surface area (Å²) in [6.07, 6.45) is -2.45. The van der Waals surface area contributed by atoms with Gasteiger partial charge in [0.1, 0.15) is 43.7 Å². The number of nitrogens with zero attached hydrogens (tertiary/aromatic N) is 4. The molecule has 0 unspecified atom stereocenters. The Balaban J connectivity index is 1.71. The predicted octanol–water partition coefficient (Wildman–Crippen LogP) is 4.92. The molecule has 2 aromatic carbocycles. The Morgan fingerprint density at radius 1 is 1.27 bits per heavy atom. The molecule has 0 aliphatic rings. The van der Waals surface area contributed by atoms with E-state index in [1.165, 1.54) is 13.3 Å². The first kappa shape index (κ1) is 26.5. The van der Waals surface area contributed by atoms with E-state index in [-0.39, 0.29) is 22.8 Å². The van der Waals surface area contributed by atoms with E-state index in [1.54, 1.807) is 16.8 Å². The monoisotopic (exact) mass is 527 g/mol. The van der Waals surface area contributed by atoms with Crippen LogP contribution < -0.4 is 10.1 Å². The van der Waals surface area contributed by atoms with Crippen LogP contribution in [-0.4, -0.2) is 39.9 Å². The minimum absolute atomic E-state index is 0.00177. The van der Waals surface area contributed by atoms with Crippen LogP contribution in [-0.2, 0) is 16.8 Å². The highest BCUT2D eigenvalue weighted by Crippen LogP contribution is 2.33. The van der Waals surface area contributed by atoms with Crippen molar-refractivity contribution in [3.8, 4) is 11.4 Å². The highest BCUT2D eigenvalue weighted by Gasteiger charge is 2.28. The number of para-hydroxylation sites is 1. The molecule has 0 bridgehead atoms. The predicted molar refractivity (Wildman–Crippen MR) is 134 cm³/mol. The minimum Gasteiger partial charge on any atom is -0.487 e. The van der Waals surface area contributed by atoms with Crippen LogP contribution in [0.15, 0.2) is 42.7 Å². The van der Waals surface area contributed by atoms with E-state index >= 15 is 0 Å². The van der Waals surface area contributed by atoms with Gasteiger partial charge in [-0.15, -0.1) is 0 Å². The van der Waals surface area contributed by atoms with Crippen LogP contribution in [0.1, 0.15) is 36.0 Å². The number of benzene rings is 2. The molecule has 2 heterocycles. The first-order valence-corrected chi connectivity index (χ1v) is 11.6. The quantitative estimate of drug-likeness (QED) is 0.329. The van der Waals surface area contributed by atoms with Crippen molar-refractivity contribution >= 4 is 36.3 Å². The molecule has 0 fully saturated rings. The molecule has 0 aliphatic heterocycles. The number of fused-ring (bicyclic) bond motifs is 1. The highest BCUT2D eigenvalue weighted by atomic mass is 35.5. The number of amides is 1. The zero-order valence-electron chi connectivity index (χ0n) is 20.2. The van der Waals surface area contributed by atoms with Gasteiger partial charge in [0.05, 0.1) is 17.1 Å². The van der Waals surface area contributed by atoms with Crippen molar-refractivity contribution in [1.82, 2.24) is 25.1 Å². The number of ether oxygens (including phenoxy) is 1. The lowest BCUT2D eigenvalue weighted by Gasteiger charge is -2.30. The average Bonchev–Trinajstić information content (AvgIpc) is 3.22. The Labute approximate surface area is 217 Å². The summed E-state index contributed by atoms with van der Waals surface area (Å²) in [6, 6.07) is 9.43. The van der Waals surface area contributed by atoms with E-state index in [1.807, 2.05) is 26.0 Å². The minimum atomic E-state index is -2.86. The number of aromatic nitrogens is 4. The normalized spacial score (nSPS) is 13.1. The van der Waals surface area contributed by atoms with Gasteiger partial charge in [0.15, 0.2) is 0 Å². The summed E-state index contributed by atoms with van der Waals surface area (Å²) < 4.78 is 47.4. The molecule has 1 N–H and O–H groups in total. The van der Waals surface area contributed by atoms with Crippen LogP contribution in [0.5, 0.6) is 5.75 Å². The molecule has 190 valence electrons. The van der Waals surface area contributed by atoms with Crippen LogP contribution in [0.25, 0.3) is 16.6 Å². The van der Waals surface area contributed by atoms with Crippen molar-refractivity contribution in [2.45, 2.75) is 45.7 Å². The van der Waals surface area contributed by atoms with E-state index < -0.39 is 30.0 Å². The molecule has 4 rings (SSSR count). The van der Waals surface area contributed by atoms with Gasteiger partial charge in [-0.25, -0.2) is 27.8 Å². The number of rotatable bonds is 8. The number of carbonyl (C=O) groups excluding carboxylic acids is 1. The Hall–Kier alpha value is -3.60.